The van der Waals surface area contributed by atoms with Gasteiger partial charge in [-0.1, -0.05) is 0 Å². The molecule has 2 atom stereocenters. The van der Waals surface area contributed by atoms with Crippen LogP contribution in [0.25, 0.3) is 11.0 Å². The van der Waals surface area contributed by atoms with E-state index in [0.717, 1.165) is 17.6 Å². The number of benzene rings is 1. The van der Waals surface area contributed by atoms with E-state index >= 15 is 0 Å². The number of carbonyl (C=O) groups excluding carboxylic acids is 1. The quantitative estimate of drug-likeness (QED) is 0.879. The largest absolute Gasteiger partial charge is 0.462 e. The molecule has 0 aliphatic carbocycles. The molecular formula is C16H20N2O3. The van der Waals surface area contributed by atoms with Crippen molar-refractivity contribution in [3.05, 3.63) is 29.6 Å². The second kappa shape index (κ2) is 5.48. The van der Waals surface area contributed by atoms with Gasteiger partial charge in [0.25, 0.3) is 0 Å². The molecule has 1 saturated heterocycles. The summed E-state index contributed by atoms with van der Waals surface area (Å²) in [6.07, 6.45) is 2.39. The monoisotopic (exact) mass is 288 g/mol. The number of rotatable bonds is 3. The molecule has 1 N–H and O–H groups in total. The number of cyclic esters (lactones) is 1. The van der Waals surface area contributed by atoms with Gasteiger partial charge in [0.1, 0.15) is 6.10 Å². The highest BCUT2D eigenvalue weighted by Gasteiger charge is 2.26. The van der Waals surface area contributed by atoms with Gasteiger partial charge < -0.3 is 14.4 Å². The fraction of sp³-hybridized carbons (Fsp3) is 0.500. The molecule has 1 fully saturated rings. The van der Waals surface area contributed by atoms with Crippen molar-refractivity contribution in [1.29, 1.82) is 0 Å². The lowest BCUT2D eigenvalue weighted by Crippen LogP contribution is -2.33. The van der Waals surface area contributed by atoms with Gasteiger partial charge in [-0.2, -0.15) is 0 Å². The van der Waals surface area contributed by atoms with Crippen molar-refractivity contribution in [3.63, 3.8) is 0 Å². The van der Waals surface area contributed by atoms with Crippen LogP contribution in [-0.4, -0.2) is 32.8 Å². The molecule has 1 aliphatic rings. The highest BCUT2D eigenvalue weighted by Crippen LogP contribution is 2.21. The maximum atomic E-state index is 11.3. The first-order valence-corrected chi connectivity index (χ1v) is 7.32. The Kier molecular flexibility index (Phi) is 3.68. The number of carbonyl (C=O) groups is 1. The molecule has 0 bridgehead atoms. The molecule has 0 radical (unpaired) electrons. The van der Waals surface area contributed by atoms with E-state index in [9.17, 15) is 9.90 Å². The average Bonchev–Trinajstić information content (AvgIpc) is 2.78. The average molecular weight is 288 g/mol. The van der Waals surface area contributed by atoms with Crippen LogP contribution in [0, 0.1) is 13.8 Å². The first-order valence-electron chi connectivity index (χ1n) is 7.32. The van der Waals surface area contributed by atoms with E-state index in [-0.39, 0.29) is 18.5 Å². The van der Waals surface area contributed by atoms with E-state index in [1.807, 2.05) is 6.33 Å². The Balaban J connectivity index is 1.73. The van der Waals surface area contributed by atoms with Crippen molar-refractivity contribution in [2.24, 2.45) is 0 Å². The first-order chi connectivity index (χ1) is 10.0. The number of aliphatic hydroxyl groups excluding tert-OH is 1. The van der Waals surface area contributed by atoms with Gasteiger partial charge >= 0.3 is 5.97 Å². The zero-order valence-electron chi connectivity index (χ0n) is 12.4. The molecule has 1 aromatic heterocycles. The van der Waals surface area contributed by atoms with Gasteiger partial charge in [0, 0.05) is 19.4 Å². The summed E-state index contributed by atoms with van der Waals surface area (Å²) < 4.78 is 7.36. The maximum Gasteiger partial charge on any atom is 0.308 e. The van der Waals surface area contributed by atoms with Gasteiger partial charge in [-0.3, -0.25) is 4.79 Å². The fourth-order valence-electron chi connectivity index (χ4n) is 2.81. The van der Waals surface area contributed by atoms with Crippen molar-refractivity contribution in [2.45, 2.75) is 51.9 Å². The summed E-state index contributed by atoms with van der Waals surface area (Å²) in [5.74, 6) is -0.305. The van der Waals surface area contributed by atoms with Crippen LogP contribution in [0.2, 0.25) is 0 Å². The molecule has 5 nitrogen and oxygen atoms in total. The van der Waals surface area contributed by atoms with Crippen LogP contribution >= 0.6 is 0 Å². The number of aromatic nitrogens is 2. The number of fused-ring (bicyclic) bond motifs is 1. The van der Waals surface area contributed by atoms with Gasteiger partial charge in [-0.25, -0.2) is 4.98 Å². The van der Waals surface area contributed by atoms with Crippen molar-refractivity contribution < 1.29 is 14.6 Å². The number of hydrogen-bond donors (Lipinski definition) is 1. The number of imidazole rings is 1. The Labute approximate surface area is 123 Å². The molecule has 2 heterocycles. The van der Waals surface area contributed by atoms with Crippen molar-refractivity contribution in [3.8, 4) is 0 Å². The van der Waals surface area contributed by atoms with E-state index < -0.39 is 6.10 Å². The summed E-state index contributed by atoms with van der Waals surface area (Å²) in [6, 6.07) is 4.23. The third kappa shape index (κ3) is 2.93. The topological polar surface area (TPSA) is 64.3 Å². The summed E-state index contributed by atoms with van der Waals surface area (Å²) in [6.45, 7) is 4.89. The number of esters is 1. The molecule has 0 spiro atoms. The SMILES string of the molecule is Cc1cc2ncn(CCC3CC(O)CC(=O)O3)c2cc1C. The lowest BCUT2D eigenvalue weighted by Gasteiger charge is -2.26. The minimum absolute atomic E-state index is 0.114. The standard InChI is InChI=1S/C16H20N2O3/c1-10-5-14-15(6-11(10)2)18(9-17-14)4-3-13-7-12(19)8-16(20)21-13/h5-6,9,12-13,19H,3-4,7-8H2,1-2H3. The predicted molar refractivity (Wildman–Crippen MR) is 78.9 cm³/mol. The van der Waals surface area contributed by atoms with Crippen LogP contribution in [0.3, 0.4) is 0 Å². The third-order valence-corrected chi connectivity index (χ3v) is 4.16. The summed E-state index contributed by atoms with van der Waals surface area (Å²) in [5, 5.41) is 9.63. The molecule has 0 saturated carbocycles. The van der Waals surface area contributed by atoms with Gasteiger partial charge in [-0.15, -0.1) is 0 Å². The summed E-state index contributed by atoms with van der Waals surface area (Å²) in [5.41, 5.74) is 4.56. The Morgan fingerprint density at radius 2 is 2.14 bits per heavy atom. The Hall–Kier alpha value is -1.88. The molecular weight excluding hydrogens is 268 g/mol. The van der Waals surface area contributed by atoms with Gasteiger partial charge in [0.05, 0.1) is 29.9 Å². The van der Waals surface area contributed by atoms with Gasteiger partial charge in [0.15, 0.2) is 0 Å². The van der Waals surface area contributed by atoms with Crippen molar-refractivity contribution >= 4 is 17.0 Å². The predicted octanol–water partition coefficient (Wildman–Crippen LogP) is 2.11. The zero-order chi connectivity index (χ0) is 15.0. The van der Waals surface area contributed by atoms with Crippen LogP contribution in [0.4, 0.5) is 0 Å². The molecule has 21 heavy (non-hydrogen) atoms. The van der Waals surface area contributed by atoms with E-state index in [0.29, 0.717) is 12.8 Å². The van der Waals surface area contributed by atoms with Crippen LogP contribution in [0.1, 0.15) is 30.4 Å². The third-order valence-electron chi connectivity index (χ3n) is 4.16. The smallest absolute Gasteiger partial charge is 0.308 e. The Bertz CT molecular complexity index is 677. The first kappa shape index (κ1) is 14.1. The molecule has 2 unspecified atom stereocenters. The Morgan fingerprint density at radius 1 is 1.38 bits per heavy atom. The zero-order valence-corrected chi connectivity index (χ0v) is 12.4. The number of aliphatic hydroxyl groups is 1. The molecule has 5 heteroatoms. The van der Waals surface area contributed by atoms with E-state index in [1.165, 1.54) is 11.1 Å². The molecule has 3 rings (SSSR count). The summed E-state index contributed by atoms with van der Waals surface area (Å²) in [7, 11) is 0. The van der Waals surface area contributed by atoms with Crippen LogP contribution in [-0.2, 0) is 16.1 Å². The number of aryl methyl sites for hydroxylation is 3. The van der Waals surface area contributed by atoms with Crippen LogP contribution in [0.15, 0.2) is 18.5 Å². The van der Waals surface area contributed by atoms with Crippen molar-refractivity contribution in [2.75, 3.05) is 0 Å². The molecule has 2 aromatic rings. The van der Waals surface area contributed by atoms with E-state index in [2.05, 4.69) is 35.5 Å². The van der Waals surface area contributed by atoms with E-state index in [1.54, 1.807) is 0 Å². The molecule has 1 aromatic carbocycles. The summed E-state index contributed by atoms with van der Waals surface area (Å²) >= 11 is 0. The second-order valence-corrected chi connectivity index (χ2v) is 5.86. The molecule has 0 amide bonds. The maximum absolute atomic E-state index is 11.3. The highest BCUT2D eigenvalue weighted by molar-refractivity contribution is 5.77. The Morgan fingerprint density at radius 3 is 2.90 bits per heavy atom. The van der Waals surface area contributed by atoms with Crippen LogP contribution in [0.5, 0.6) is 0 Å². The fourth-order valence-corrected chi connectivity index (χ4v) is 2.81. The molecule has 112 valence electrons. The number of hydrogen-bond acceptors (Lipinski definition) is 4. The minimum atomic E-state index is -0.569. The second-order valence-electron chi connectivity index (χ2n) is 5.86. The minimum Gasteiger partial charge on any atom is -0.462 e. The molecule has 1 aliphatic heterocycles. The number of ether oxygens (including phenoxy) is 1. The van der Waals surface area contributed by atoms with E-state index in [4.69, 9.17) is 4.74 Å². The van der Waals surface area contributed by atoms with Gasteiger partial charge in [-0.05, 0) is 37.1 Å². The normalized spacial score (nSPS) is 22.5. The highest BCUT2D eigenvalue weighted by atomic mass is 16.5. The lowest BCUT2D eigenvalue weighted by molar-refractivity contribution is -0.160. The lowest BCUT2D eigenvalue weighted by atomic mass is 10.0. The summed E-state index contributed by atoms with van der Waals surface area (Å²) in [4.78, 5) is 15.8. The van der Waals surface area contributed by atoms with Crippen LogP contribution < -0.4 is 0 Å². The van der Waals surface area contributed by atoms with Gasteiger partial charge in [0.2, 0.25) is 0 Å². The number of nitrogens with zero attached hydrogens (tertiary/aromatic N) is 2. The van der Waals surface area contributed by atoms with Crippen molar-refractivity contribution in [1.82, 2.24) is 9.55 Å².